The van der Waals surface area contributed by atoms with Crippen molar-refractivity contribution in [3.8, 4) is 5.75 Å². The van der Waals surface area contributed by atoms with Gasteiger partial charge in [0.25, 0.3) is 5.91 Å². The molecule has 0 bridgehead atoms. The third kappa shape index (κ3) is 3.32. The highest BCUT2D eigenvalue weighted by Gasteiger charge is 2.24. The highest BCUT2D eigenvalue weighted by Crippen LogP contribution is 2.27. The Morgan fingerprint density at radius 1 is 1.42 bits per heavy atom. The van der Waals surface area contributed by atoms with Gasteiger partial charge >= 0.3 is 0 Å². The van der Waals surface area contributed by atoms with Crippen molar-refractivity contribution >= 4 is 40.8 Å². The van der Waals surface area contributed by atoms with Gasteiger partial charge in [0.15, 0.2) is 0 Å². The van der Waals surface area contributed by atoms with Gasteiger partial charge in [0, 0.05) is 30.9 Å². The van der Waals surface area contributed by atoms with E-state index in [0.717, 1.165) is 21.7 Å². The molecule has 0 unspecified atom stereocenters. The predicted molar refractivity (Wildman–Crippen MR) is 102 cm³/mol. The van der Waals surface area contributed by atoms with Crippen LogP contribution in [-0.4, -0.2) is 46.1 Å². The molecular formula is C18H17ClN4O2S. The van der Waals surface area contributed by atoms with E-state index in [1.54, 1.807) is 12.1 Å². The van der Waals surface area contributed by atoms with E-state index in [0.29, 0.717) is 36.8 Å². The van der Waals surface area contributed by atoms with Gasteiger partial charge in [-0.15, -0.1) is 0 Å². The number of benzene rings is 1. The maximum atomic E-state index is 12.6. The van der Waals surface area contributed by atoms with Crippen LogP contribution in [0.1, 0.15) is 22.4 Å². The van der Waals surface area contributed by atoms with Crippen LogP contribution in [0.3, 0.4) is 0 Å². The second-order valence-electron chi connectivity index (χ2n) is 6.10. The van der Waals surface area contributed by atoms with Gasteiger partial charge in [-0.25, -0.2) is 9.38 Å². The molecule has 1 aromatic carbocycles. The molecule has 0 fully saturated rings. The van der Waals surface area contributed by atoms with E-state index in [1.165, 1.54) is 11.5 Å². The van der Waals surface area contributed by atoms with Gasteiger partial charge in [0.1, 0.15) is 5.75 Å². The number of fused-ring (bicyclic) bond motifs is 1. The first kappa shape index (κ1) is 17.1. The van der Waals surface area contributed by atoms with Gasteiger partial charge in [-0.2, -0.15) is 5.10 Å². The zero-order valence-electron chi connectivity index (χ0n) is 14.2. The van der Waals surface area contributed by atoms with Gasteiger partial charge in [-0.05, 0) is 41.4 Å². The molecule has 134 valence electrons. The van der Waals surface area contributed by atoms with Crippen LogP contribution in [-0.2, 0) is 11.3 Å². The minimum absolute atomic E-state index is 0.0177. The van der Waals surface area contributed by atoms with Crippen LogP contribution in [0, 0.1) is 0 Å². The number of methoxy groups -OCH3 is 1. The molecule has 0 spiro atoms. The van der Waals surface area contributed by atoms with Crippen LogP contribution in [0.15, 0.2) is 35.7 Å². The molecule has 0 radical (unpaired) electrons. The SMILES string of the molecule is COc1ccc(C2=NN(C(=O)CN3C=Cc4sncc4C3)CC2)cc1Cl. The van der Waals surface area contributed by atoms with Crippen molar-refractivity contribution in [1.82, 2.24) is 14.3 Å². The standard InChI is InChI=1S/C18H17ClN4O2S/c1-25-16-3-2-12(8-14(16)19)15-4-7-23(21-15)18(24)11-22-6-5-17-13(10-22)9-20-26-17/h2-3,5-6,8-9H,4,7,10-11H2,1H3. The fourth-order valence-electron chi connectivity index (χ4n) is 3.02. The van der Waals surface area contributed by atoms with Crippen molar-refractivity contribution in [3.05, 3.63) is 51.6 Å². The first-order valence-electron chi connectivity index (χ1n) is 8.21. The lowest BCUT2D eigenvalue weighted by Crippen LogP contribution is -2.34. The molecule has 6 nitrogen and oxygen atoms in total. The smallest absolute Gasteiger partial charge is 0.262 e. The van der Waals surface area contributed by atoms with E-state index in [-0.39, 0.29) is 5.91 Å². The van der Waals surface area contributed by atoms with E-state index in [1.807, 2.05) is 41.6 Å². The summed E-state index contributed by atoms with van der Waals surface area (Å²) >= 11 is 7.66. The molecule has 1 amide bonds. The van der Waals surface area contributed by atoms with E-state index in [9.17, 15) is 4.79 Å². The Labute approximate surface area is 160 Å². The lowest BCUT2D eigenvalue weighted by molar-refractivity contribution is -0.131. The van der Waals surface area contributed by atoms with Gasteiger partial charge in [-0.1, -0.05) is 11.6 Å². The summed E-state index contributed by atoms with van der Waals surface area (Å²) in [5.74, 6) is 0.608. The molecule has 2 aromatic rings. The molecule has 2 aliphatic heterocycles. The average molecular weight is 389 g/mol. The van der Waals surface area contributed by atoms with E-state index in [4.69, 9.17) is 16.3 Å². The number of hydrazone groups is 1. The molecule has 3 heterocycles. The summed E-state index contributed by atoms with van der Waals surface area (Å²) in [6.07, 6.45) is 6.52. The molecular weight excluding hydrogens is 372 g/mol. The maximum absolute atomic E-state index is 12.6. The van der Waals surface area contributed by atoms with Crippen LogP contribution < -0.4 is 4.74 Å². The molecule has 8 heteroatoms. The fraction of sp³-hybridized carbons (Fsp3) is 0.278. The maximum Gasteiger partial charge on any atom is 0.262 e. The summed E-state index contributed by atoms with van der Waals surface area (Å²) in [6.45, 7) is 1.58. The van der Waals surface area contributed by atoms with E-state index < -0.39 is 0 Å². The molecule has 0 saturated heterocycles. The molecule has 2 aliphatic rings. The molecule has 0 atom stereocenters. The highest BCUT2D eigenvalue weighted by atomic mass is 35.5. The summed E-state index contributed by atoms with van der Waals surface area (Å²) < 4.78 is 9.36. The van der Waals surface area contributed by atoms with Crippen LogP contribution in [0.5, 0.6) is 5.75 Å². The third-order valence-corrected chi connectivity index (χ3v) is 5.50. The Balaban J connectivity index is 1.43. The van der Waals surface area contributed by atoms with Gasteiger partial charge in [0.2, 0.25) is 0 Å². The minimum atomic E-state index is -0.0177. The second kappa shape index (κ2) is 7.09. The Kier molecular flexibility index (Phi) is 4.65. The summed E-state index contributed by atoms with van der Waals surface area (Å²) in [5.41, 5.74) is 2.93. The van der Waals surface area contributed by atoms with Crippen molar-refractivity contribution in [3.63, 3.8) is 0 Å². The number of rotatable bonds is 4. The van der Waals surface area contributed by atoms with Gasteiger partial charge in [0.05, 0.1) is 35.8 Å². The van der Waals surface area contributed by atoms with Crippen molar-refractivity contribution in [2.75, 3.05) is 20.2 Å². The van der Waals surface area contributed by atoms with Crippen molar-refractivity contribution in [2.45, 2.75) is 13.0 Å². The van der Waals surface area contributed by atoms with E-state index in [2.05, 4.69) is 9.47 Å². The van der Waals surface area contributed by atoms with Crippen molar-refractivity contribution < 1.29 is 9.53 Å². The number of nitrogens with zero attached hydrogens (tertiary/aromatic N) is 4. The van der Waals surface area contributed by atoms with Gasteiger partial charge < -0.3 is 9.64 Å². The zero-order valence-corrected chi connectivity index (χ0v) is 15.8. The fourth-order valence-corrected chi connectivity index (χ4v) is 3.93. The summed E-state index contributed by atoms with van der Waals surface area (Å²) in [5, 5.41) is 6.58. The number of hydrogen-bond acceptors (Lipinski definition) is 6. The number of carbonyl (C=O) groups is 1. The summed E-state index contributed by atoms with van der Waals surface area (Å²) in [7, 11) is 1.58. The number of carbonyl (C=O) groups excluding carboxylic acids is 1. The normalized spacial score (nSPS) is 15.8. The van der Waals surface area contributed by atoms with Crippen LogP contribution in [0.4, 0.5) is 0 Å². The Bertz CT molecular complexity index is 908. The van der Waals surface area contributed by atoms with Crippen LogP contribution >= 0.6 is 23.1 Å². The molecule has 0 N–H and O–H groups in total. The number of amides is 1. The first-order chi connectivity index (χ1) is 12.6. The Morgan fingerprint density at radius 2 is 2.31 bits per heavy atom. The van der Waals surface area contributed by atoms with E-state index >= 15 is 0 Å². The topological polar surface area (TPSA) is 58.0 Å². The monoisotopic (exact) mass is 388 g/mol. The first-order valence-corrected chi connectivity index (χ1v) is 9.37. The molecule has 26 heavy (non-hydrogen) atoms. The molecule has 0 aliphatic carbocycles. The van der Waals surface area contributed by atoms with Crippen molar-refractivity contribution in [1.29, 1.82) is 0 Å². The number of hydrogen-bond donors (Lipinski definition) is 0. The Morgan fingerprint density at radius 3 is 3.12 bits per heavy atom. The number of aromatic nitrogens is 1. The lowest BCUT2D eigenvalue weighted by atomic mass is 10.1. The molecule has 1 aromatic heterocycles. The predicted octanol–water partition coefficient (Wildman–Crippen LogP) is 3.23. The van der Waals surface area contributed by atoms with Crippen molar-refractivity contribution in [2.24, 2.45) is 5.10 Å². The quantitative estimate of drug-likeness (QED) is 0.806. The third-order valence-electron chi connectivity index (χ3n) is 4.40. The average Bonchev–Trinajstić information content (AvgIpc) is 3.30. The van der Waals surface area contributed by atoms with Crippen LogP contribution in [0.25, 0.3) is 6.08 Å². The second-order valence-corrected chi connectivity index (χ2v) is 7.34. The summed E-state index contributed by atoms with van der Waals surface area (Å²) in [6, 6.07) is 5.55. The number of ether oxygens (including phenoxy) is 1. The van der Waals surface area contributed by atoms with Crippen LogP contribution in [0.2, 0.25) is 5.02 Å². The number of halogens is 1. The summed E-state index contributed by atoms with van der Waals surface area (Å²) in [4.78, 5) is 15.7. The molecule has 0 saturated carbocycles. The lowest BCUT2D eigenvalue weighted by Gasteiger charge is -2.24. The molecule has 4 rings (SSSR count). The minimum Gasteiger partial charge on any atom is -0.495 e. The Hall–Kier alpha value is -2.38. The zero-order chi connectivity index (χ0) is 18.1. The van der Waals surface area contributed by atoms with Gasteiger partial charge in [-0.3, -0.25) is 4.79 Å². The highest BCUT2D eigenvalue weighted by molar-refractivity contribution is 7.06. The largest absolute Gasteiger partial charge is 0.495 e.